The average Bonchev–Trinajstić information content (AvgIpc) is 3.14. The average molecular weight is 423 g/mol. The van der Waals surface area contributed by atoms with E-state index in [-0.39, 0.29) is 17.9 Å². The van der Waals surface area contributed by atoms with Gasteiger partial charge in [-0.05, 0) is 39.2 Å². The lowest BCUT2D eigenvalue weighted by atomic mass is 9.95. The third-order valence-corrected chi connectivity index (χ3v) is 6.98. The van der Waals surface area contributed by atoms with Gasteiger partial charge in [0.2, 0.25) is 5.91 Å². The number of hydrogen-bond acceptors (Lipinski definition) is 5. The van der Waals surface area contributed by atoms with Crippen molar-refractivity contribution in [3.8, 4) is 0 Å². The second kappa shape index (κ2) is 8.72. The highest BCUT2D eigenvalue weighted by atomic mass is 32.1. The van der Waals surface area contributed by atoms with E-state index in [2.05, 4.69) is 72.5 Å². The van der Waals surface area contributed by atoms with Crippen LogP contribution in [0.2, 0.25) is 0 Å². The molecule has 5 nitrogen and oxygen atoms in total. The molecule has 1 aromatic carbocycles. The summed E-state index contributed by atoms with van der Waals surface area (Å²) in [6, 6.07) is 8.40. The molecule has 1 amide bonds. The summed E-state index contributed by atoms with van der Waals surface area (Å²) in [5, 5.41) is 6.51. The zero-order chi connectivity index (χ0) is 21.3. The molecule has 6 heteroatoms. The fraction of sp³-hybridized carbons (Fsp3) is 0.458. The van der Waals surface area contributed by atoms with Crippen LogP contribution in [0, 0.1) is 19.8 Å². The second-order valence-corrected chi connectivity index (χ2v) is 9.36. The number of carbonyl (C=O) groups is 1. The smallest absolute Gasteiger partial charge is 0.223 e. The summed E-state index contributed by atoms with van der Waals surface area (Å²) >= 11 is 1.73. The van der Waals surface area contributed by atoms with Crippen LogP contribution < -0.4 is 10.2 Å². The lowest BCUT2D eigenvalue weighted by Gasteiger charge is -2.33. The maximum absolute atomic E-state index is 12.9. The van der Waals surface area contributed by atoms with Gasteiger partial charge in [-0.1, -0.05) is 36.8 Å². The highest BCUT2D eigenvalue weighted by Crippen LogP contribution is 2.33. The van der Waals surface area contributed by atoms with Gasteiger partial charge in [-0.2, -0.15) is 0 Å². The molecule has 158 valence electrons. The van der Waals surface area contributed by atoms with E-state index < -0.39 is 0 Å². The van der Waals surface area contributed by atoms with Gasteiger partial charge in [-0.3, -0.25) is 4.79 Å². The molecule has 3 aromatic rings. The molecule has 3 heterocycles. The van der Waals surface area contributed by atoms with Crippen molar-refractivity contribution in [1.29, 1.82) is 0 Å². The van der Waals surface area contributed by atoms with Crippen LogP contribution in [0.4, 0.5) is 5.82 Å². The number of fused-ring (bicyclic) bond motifs is 1. The lowest BCUT2D eigenvalue weighted by Crippen LogP contribution is -2.41. The van der Waals surface area contributed by atoms with Gasteiger partial charge in [0.15, 0.2) is 0 Å². The Bertz CT molecular complexity index is 1040. The van der Waals surface area contributed by atoms with Gasteiger partial charge in [0.05, 0.1) is 16.9 Å². The highest BCUT2D eigenvalue weighted by molar-refractivity contribution is 7.11. The number of thiophene rings is 1. The van der Waals surface area contributed by atoms with Gasteiger partial charge in [0.25, 0.3) is 0 Å². The van der Waals surface area contributed by atoms with E-state index in [0.29, 0.717) is 0 Å². The van der Waals surface area contributed by atoms with Gasteiger partial charge in [-0.15, -0.1) is 11.3 Å². The molecule has 0 saturated carbocycles. The number of anilines is 1. The first-order valence-corrected chi connectivity index (χ1v) is 11.7. The lowest BCUT2D eigenvalue weighted by molar-refractivity contribution is -0.126. The first-order chi connectivity index (χ1) is 14.5. The van der Waals surface area contributed by atoms with Crippen molar-refractivity contribution < 1.29 is 4.79 Å². The topological polar surface area (TPSA) is 58.1 Å². The molecule has 1 atom stereocenters. The quantitative estimate of drug-likeness (QED) is 0.631. The minimum atomic E-state index is 0.0261. The van der Waals surface area contributed by atoms with Crippen LogP contribution in [0.15, 0.2) is 29.6 Å². The summed E-state index contributed by atoms with van der Waals surface area (Å²) in [6.45, 7) is 10.1. The van der Waals surface area contributed by atoms with Crippen LogP contribution >= 0.6 is 11.3 Å². The first kappa shape index (κ1) is 20.8. The minimum absolute atomic E-state index is 0.0261. The number of hydrogen-bond donors (Lipinski definition) is 1. The number of nitrogens with one attached hydrogen (secondary N) is 1. The summed E-state index contributed by atoms with van der Waals surface area (Å²) in [5.74, 6) is 2.15. The van der Waals surface area contributed by atoms with E-state index in [1.807, 2.05) is 0 Å². The van der Waals surface area contributed by atoms with Gasteiger partial charge in [0.1, 0.15) is 11.6 Å². The van der Waals surface area contributed by atoms with Crippen molar-refractivity contribution in [2.75, 3.05) is 18.0 Å². The Balaban J connectivity index is 1.42. The number of carbonyl (C=O) groups excluding carboxylic acids is 1. The maximum atomic E-state index is 12.9. The van der Waals surface area contributed by atoms with Crippen LogP contribution in [0.25, 0.3) is 10.9 Å². The van der Waals surface area contributed by atoms with E-state index in [9.17, 15) is 4.79 Å². The van der Waals surface area contributed by atoms with Crippen molar-refractivity contribution in [1.82, 2.24) is 15.3 Å². The summed E-state index contributed by atoms with van der Waals surface area (Å²) in [7, 11) is 0. The molecule has 0 radical (unpaired) electrons. The van der Waals surface area contributed by atoms with Crippen molar-refractivity contribution in [3.63, 3.8) is 0 Å². The predicted octanol–water partition coefficient (Wildman–Crippen LogP) is 4.96. The minimum Gasteiger partial charge on any atom is -0.356 e. The van der Waals surface area contributed by atoms with Gasteiger partial charge in [-0.25, -0.2) is 9.97 Å². The van der Waals surface area contributed by atoms with Gasteiger partial charge >= 0.3 is 0 Å². The van der Waals surface area contributed by atoms with Crippen LogP contribution in [-0.4, -0.2) is 29.0 Å². The molecule has 1 unspecified atom stereocenters. The zero-order valence-electron chi connectivity index (χ0n) is 18.2. The summed E-state index contributed by atoms with van der Waals surface area (Å²) in [5.41, 5.74) is 3.43. The number of piperidine rings is 1. The maximum Gasteiger partial charge on any atom is 0.223 e. The molecule has 30 heavy (non-hydrogen) atoms. The Hall–Kier alpha value is -2.47. The Labute approximate surface area is 182 Å². The van der Waals surface area contributed by atoms with E-state index in [0.717, 1.165) is 55.1 Å². The molecular weight excluding hydrogens is 392 g/mol. The van der Waals surface area contributed by atoms with E-state index in [4.69, 9.17) is 4.98 Å². The van der Waals surface area contributed by atoms with Crippen molar-refractivity contribution in [2.45, 2.75) is 53.0 Å². The van der Waals surface area contributed by atoms with Crippen molar-refractivity contribution in [2.24, 2.45) is 5.92 Å². The molecule has 1 aliphatic rings. The largest absolute Gasteiger partial charge is 0.356 e. The van der Waals surface area contributed by atoms with Gasteiger partial charge < -0.3 is 10.2 Å². The first-order valence-electron chi connectivity index (χ1n) is 10.8. The fourth-order valence-corrected chi connectivity index (χ4v) is 4.92. The molecule has 1 N–H and O–H groups in total. The number of nitrogens with zero attached hydrogens (tertiary/aromatic N) is 3. The number of aromatic nitrogens is 2. The molecule has 0 bridgehead atoms. The van der Waals surface area contributed by atoms with E-state index in [1.165, 1.54) is 15.8 Å². The summed E-state index contributed by atoms with van der Waals surface area (Å²) < 4.78 is 0. The molecule has 1 aliphatic heterocycles. The van der Waals surface area contributed by atoms with E-state index in [1.54, 1.807) is 11.3 Å². The van der Waals surface area contributed by atoms with Crippen molar-refractivity contribution in [3.05, 3.63) is 51.5 Å². The number of rotatable bonds is 5. The van der Waals surface area contributed by atoms with Crippen LogP contribution in [0.5, 0.6) is 0 Å². The number of benzene rings is 1. The number of amides is 1. The number of aryl methyl sites for hydroxylation is 3. The summed E-state index contributed by atoms with van der Waals surface area (Å²) in [4.78, 5) is 26.0. The molecular formula is C24H30N4OS. The van der Waals surface area contributed by atoms with Crippen LogP contribution in [0.1, 0.15) is 54.6 Å². The molecule has 4 rings (SSSR count). The normalized spacial score (nSPS) is 16.1. The van der Waals surface area contributed by atoms with Crippen LogP contribution in [0.3, 0.4) is 0 Å². The third kappa shape index (κ3) is 4.19. The second-order valence-electron chi connectivity index (χ2n) is 8.27. The van der Waals surface area contributed by atoms with Crippen molar-refractivity contribution >= 4 is 34.0 Å². The molecule has 0 aliphatic carbocycles. The molecule has 0 spiro atoms. The van der Waals surface area contributed by atoms with Gasteiger partial charge in [0, 0.05) is 35.7 Å². The van der Waals surface area contributed by atoms with Crippen LogP contribution in [-0.2, 0) is 11.2 Å². The Morgan fingerprint density at radius 1 is 1.20 bits per heavy atom. The van der Waals surface area contributed by atoms with E-state index >= 15 is 0 Å². The third-order valence-electron chi connectivity index (χ3n) is 6.08. The zero-order valence-corrected chi connectivity index (χ0v) is 19.1. The summed E-state index contributed by atoms with van der Waals surface area (Å²) in [6.07, 6.45) is 2.53. The molecule has 2 aromatic heterocycles. The Morgan fingerprint density at radius 2 is 1.90 bits per heavy atom. The molecule has 1 fully saturated rings. The Kier molecular flexibility index (Phi) is 6.04. The fourth-order valence-electron chi connectivity index (χ4n) is 4.15. The SMILES string of the molecule is CCc1nc(N2CCC(C(=O)NC(C)c3ccc(C)cc3)CC2)c2c(C)scc2n1. The Morgan fingerprint density at radius 3 is 2.57 bits per heavy atom. The predicted molar refractivity (Wildman–Crippen MR) is 124 cm³/mol. The highest BCUT2D eigenvalue weighted by Gasteiger charge is 2.28. The monoisotopic (exact) mass is 422 g/mol. The standard InChI is InChI=1S/C24H30N4OS/c1-5-21-26-20-14-30-17(4)22(20)23(27-21)28-12-10-19(11-13-28)24(29)25-16(3)18-8-6-15(2)7-9-18/h6-9,14,16,19H,5,10-13H2,1-4H3,(H,25,29). The molecule has 1 saturated heterocycles.